The molecule has 152 valence electrons. The number of halogens is 3. The van der Waals surface area contributed by atoms with Crippen LogP contribution < -0.4 is 15.8 Å². The first-order valence-corrected chi connectivity index (χ1v) is 9.09. The number of benzene rings is 2. The van der Waals surface area contributed by atoms with Gasteiger partial charge in [-0.15, -0.1) is 0 Å². The molecule has 0 saturated carbocycles. The number of alkyl halides is 3. The van der Waals surface area contributed by atoms with Crippen LogP contribution in [0.25, 0.3) is 11.3 Å². The molecule has 1 unspecified atom stereocenters. The summed E-state index contributed by atoms with van der Waals surface area (Å²) in [6.07, 6.45) is -3.23. The van der Waals surface area contributed by atoms with Crippen molar-refractivity contribution in [3.8, 4) is 17.0 Å². The van der Waals surface area contributed by atoms with E-state index in [1.807, 2.05) is 30.3 Å². The van der Waals surface area contributed by atoms with Crippen molar-refractivity contribution in [1.82, 2.24) is 9.97 Å². The Morgan fingerprint density at radius 3 is 2.52 bits per heavy atom. The summed E-state index contributed by atoms with van der Waals surface area (Å²) in [6.45, 7) is 2.19. The number of nitrogens with two attached hydrogens (primary N) is 1. The molecule has 0 aliphatic rings. The molecule has 0 amide bonds. The molecule has 0 fully saturated rings. The van der Waals surface area contributed by atoms with E-state index < -0.39 is 11.7 Å². The maximum atomic E-state index is 13.4. The molecule has 3 aromatic rings. The topological polar surface area (TPSA) is 73.1 Å². The van der Waals surface area contributed by atoms with Crippen LogP contribution in [0.15, 0.2) is 60.9 Å². The van der Waals surface area contributed by atoms with Gasteiger partial charge in [0.25, 0.3) is 0 Å². The first kappa shape index (κ1) is 20.6. The molecule has 3 N–H and O–H groups in total. The minimum absolute atomic E-state index is 0.145. The van der Waals surface area contributed by atoms with E-state index in [9.17, 15) is 13.2 Å². The summed E-state index contributed by atoms with van der Waals surface area (Å²) in [4.78, 5) is 8.23. The Kier molecular flexibility index (Phi) is 6.33. The molecule has 3 rings (SSSR count). The average Bonchev–Trinajstić information content (AvgIpc) is 2.72. The number of ether oxygens (including phenoxy) is 1. The second-order valence-corrected chi connectivity index (χ2v) is 6.33. The van der Waals surface area contributed by atoms with Gasteiger partial charge in [0.05, 0.1) is 17.9 Å². The van der Waals surface area contributed by atoms with Crippen LogP contribution in [0.2, 0.25) is 0 Å². The molecular formula is C21H21F3N4O. The number of aromatic nitrogens is 2. The first-order valence-electron chi connectivity index (χ1n) is 9.09. The highest BCUT2D eigenvalue weighted by Gasteiger charge is 2.34. The van der Waals surface area contributed by atoms with Crippen LogP contribution >= 0.6 is 0 Å². The molecule has 0 bridgehead atoms. The Morgan fingerprint density at radius 2 is 1.83 bits per heavy atom. The molecule has 8 heteroatoms. The van der Waals surface area contributed by atoms with Gasteiger partial charge in [-0.05, 0) is 30.7 Å². The summed E-state index contributed by atoms with van der Waals surface area (Å²) in [5, 5.41) is 3.11. The van der Waals surface area contributed by atoms with Gasteiger partial charge >= 0.3 is 6.18 Å². The van der Waals surface area contributed by atoms with Gasteiger partial charge in [-0.25, -0.2) is 9.97 Å². The Hall–Kier alpha value is -3.13. The molecule has 1 atom stereocenters. The quantitative estimate of drug-likeness (QED) is 0.601. The van der Waals surface area contributed by atoms with Crippen LogP contribution in [0, 0.1) is 0 Å². The van der Waals surface area contributed by atoms with Crippen LogP contribution in [0.4, 0.5) is 19.0 Å². The van der Waals surface area contributed by atoms with Crippen LogP contribution in [0.1, 0.15) is 24.1 Å². The van der Waals surface area contributed by atoms with Gasteiger partial charge in [-0.1, -0.05) is 30.3 Å². The fraction of sp³-hybridized carbons (Fsp3) is 0.238. The fourth-order valence-corrected chi connectivity index (χ4v) is 2.84. The lowest BCUT2D eigenvalue weighted by Crippen LogP contribution is -2.20. The van der Waals surface area contributed by atoms with E-state index in [-0.39, 0.29) is 18.4 Å². The van der Waals surface area contributed by atoms with E-state index in [4.69, 9.17) is 10.5 Å². The monoisotopic (exact) mass is 402 g/mol. The second kappa shape index (κ2) is 8.91. The molecule has 0 spiro atoms. The van der Waals surface area contributed by atoms with E-state index in [2.05, 4.69) is 15.3 Å². The first-order chi connectivity index (χ1) is 13.9. The van der Waals surface area contributed by atoms with Crippen LogP contribution in [-0.4, -0.2) is 23.1 Å². The zero-order valence-electron chi connectivity index (χ0n) is 15.8. The molecule has 1 aromatic heterocycles. The van der Waals surface area contributed by atoms with E-state index >= 15 is 0 Å². The minimum Gasteiger partial charge on any atom is -0.493 e. The predicted octanol–water partition coefficient (Wildman–Crippen LogP) is 4.67. The summed E-state index contributed by atoms with van der Waals surface area (Å²) in [5.41, 5.74) is 6.97. The maximum absolute atomic E-state index is 13.4. The lowest BCUT2D eigenvalue weighted by molar-refractivity contribution is -0.138. The Bertz CT molecular complexity index is 948. The van der Waals surface area contributed by atoms with Crippen molar-refractivity contribution < 1.29 is 17.9 Å². The summed E-state index contributed by atoms with van der Waals surface area (Å²) >= 11 is 0. The van der Waals surface area contributed by atoms with E-state index in [1.54, 1.807) is 19.1 Å². The second-order valence-electron chi connectivity index (χ2n) is 6.33. The number of nitrogens with zero attached hydrogens (tertiary/aromatic N) is 2. The van der Waals surface area contributed by atoms with Gasteiger partial charge in [0.1, 0.15) is 17.9 Å². The number of rotatable bonds is 7. The molecule has 0 aliphatic carbocycles. The summed E-state index contributed by atoms with van der Waals surface area (Å²) in [6, 6.07) is 14.8. The highest BCUT2D eigenvalue weighted by Crippen LogP contribution is 2.38. The molecule has 0 saturated heterocycles. The van der Waals surface area contributed by atoms with Crippen molar-refractivity contribution in [3.63, 3.8) is 0 Å². The zero-order chi connectivity index (χ0) is 20.9. The number of nitrogens with one attached hydrogen (secondary N) is 1. The van der Waals surface area contributed by atoms with Crippen molar-refractivity contribution in [2.45, 2.75) is 19.1 Å². The lowest BCUT2D eigenvalue weighted by atomic mass is 10.1. The Morgan fingerprint density at radius 1 is 1.07 bits per heavy atom. The Labute approximate surface area is 166 Å². The SMILES string of the molecule is CCOc1ccc(-c2cc(NCC(N)c3ccccc3)ncn2)cc1C(F)(F)F. The molecule has 2 aromatic carbocycles. The van der Waals surface area contributed by atoms with Gasteiger partial charge in [-0.3, -0.25) is 0 Å². The van der Waals surface area contributed by atoms with Crippen molar-refractivity contribution in [3.05, 3.63) is 72.1 Å². The maximum Gasteiger partial charge on any atom is 0.419 e. The van der Waals surface area contributed by atoms with Crippen molar-refractivity contribution in [2.24, 2.45) is 5.73 Å². The minimum atomic E-state index is -4.53. The molecule has 29 heavy (non-hydrogen) atoms. The highest BCUT2D eigenvalue weighted by molar-refractivity contribution is 5.65. The smallest absolute Gasteiger partial charge is 0.419 e. The fourth-order valence-electron chi connectivity index (χ4n) is 2.84. The summed E-state index contributed by atoms with van der Waals surface area (Å²) in [7, 11) is 0. The molecule has 1 heterocycles. The van der Waals surface area contributed by atoms with E-state index in [1.165, 1.54) is 12.4 Å². The zero-order valence-corrected chi connectivity index (χ0v) is 15.8. The number of anilines is 1. The molecule has 0 radical (unpaired) electrons. The van der Waals surface area contributed by atoms with E-state index in [0.717, 1.165) is 11.6 Å². The third kappa shape index (κ3) is 5.23. The normalized spacial score (nSPS) is 12.4. The predicted molar refractivity (Wildman–Crippen MR) is 105 cm³/mol. The van der Waals surface area contributed by atoms with E-state index in [0.29, 0.717) is 23.6 Å². The largest absolute Gasteiger partial charge is 0.493 e. The third-order valence-electron chi connectivity index (χ3n) is 4.28. The number of hydrogen-bond acceptors (Lipinski definition) is 5. The van der Waals surface area contributed by atoms with Crippen molar-refractivity contribution in [2.75, 3.05) is 18.5 Å². The lowest BCUT2D eigenvalue weighted by Gasteiger charge is -2.15. The summed E-state index contributed by atoms with van der Waals surface area (Å²) in [5.74, 6) is 0.272. The Balaban J connectivity index is 1.80. The van der Waals surface area contributed by atoms with Crippen molar-refractivity contribution >= 4 is 5.82 Å². The van der Waals surface area contributed by atoms with Gasteiger partial charge < -0.3 is 15.8 Å². The van der Waals surface area contributed by atoms with Crippen LogP contribution in [-0.2, 0) is 6.18 Å². The van der Waals surface area contributed by atoms with Gasteiger partial charge in [0.2, 0.25) is 0 Å². The summed E-state index contributed by atoms with van der Waals surface area (Å²) < 4.78 is 45.2. The molecule has 5 nitrogen and oxygen atoms in total. The van der Waals surface area contributed by atoms with Crippen LogP contribution in [0.5, 0.6) is 5.75 Å². The standard InChI is InChI=1S/C21H21F3N4O/c1-2-29-19-9-8-15(10-16(19)21(22,23)24)18-11-20(28-13-27-18)26-12-17(25)14-6-4-3-5-7-14/h3-11,13,17H,2,12,25H2,1H3,(H,26,27,28). The highest BCUT2D eigenvalue weighted by atomic mass is 19.4. The van der Waals surface area contributed by atoms with Crippen LogP contribution in [0.3, 0.4) is 0 Å². The number of hydrogen-bond donors (Lipinski definition) is 2. The third-order valence-corrected chi connectivity index (χ3v) is 4.28. The molecule has 0 aliphatic heterocycles. The average molecular weight is 402 g/mol. The molecular weight excluding hydrogens is 381 g/mol. The van der Waals surface area contributed by atoms with Crippen molar-refractivity contribution in [1.29, 1.82) is 0 Å². The van der Waals surface area contributed by atoms with Gasteiger partial charge in [0, 0.05) is 24.2 Å². The van der Waals surface area contributed by atoms with Gasteiger partial charge in [0.15, 0.2) is 0 Å². The van der Waals surface area contributed by atoms with Gasteiger partial charge in [-0.2, -0.15) is 13.2 Å².